The topological polar surface area (TPSA) is 40.9 Å². The Morgan fingerprint density at radius 2 is 2.08 bits per heavy atom. The molecule has 0 aromatic heterocycles. The van der Waals surface area contributed by atoms with Gasteiger partial charge in [0.25, 0.3) is 0 Å². The molecule has 0 aliphatic carbocycles. The van der Waals surface area contributed by atoms with Gasteiger partial charge >= 0.3 is 0 Å². The molecule has 0 spiro atoms. The van der Waals surface area contributed by atoms with E-state index in [1.54, 1.807) is 6.07 Å². The van der Waals surface area contributed by atoms with Gasteiger partial charge in [-0.15, -0.1) is 0 Å². The van der Waals surface area contributed by atoms with E-state index in [4.69, 9.17) is 5.26 Å². The lowest BCUT2D eigenvalue weighted by molar-refractivity contribution is 0.111. The minimum atomic E-state index is -0.804. The van der Waals surface area contributed by atoms with Gasteiger partial charge in [-0.05, 0) is 12.1 Å². The zero-order chi connectivity index (χ0) is 9.84. The molecule has 66 valence electrons. The Balaban J connectivity index is 3.21. The number of rotatable bonds is 2. The third-order valence-electron chi connectivity index (χ3n) is 1.56. The quantitative estimate of drug-likeness (QED) is 0.653. The molecule has 0 fully saturated rings. The van der Waals surface area contributed by atoms with E-state index >= 15 is 0 Å². The van der Waals surface area contributed by atoms with Crippen LogP contribution in [0.25, 0.3) is 0 Å². The van der Waals surface area contributed by atoms with Gasteiger partial charge in [0.1, 0.15) is 11.6 Å². The molecule has 0 saturated heterocycles. The monoisotopic (exact) mass is 181 g/mol. The van der Waals surface area contributed by atoms with E-state index in [1.165, 1.54) is 0 Å². The van der Waals surface area contributed by atoms with Crippen LogP contribution in [-0.4, -0.2) is 6.29 Å². The lowest BCUT2D eigenvalue weighted by atomic mass is 10.1. The molecule has 13 heavy (non-hydrogen) atoms. The molecular weight excluding hydrogens is 176 g/mol. The summed E-state index contributed by atoms with van der Waals surface area (Å²) in [5.74, 6) is -1.54. The molecule has 0 amide bonds. The maximum absolute atomic E-state index is 12.9. The largest absolute Gasteiger partial charge is 0.298 e. The van der Waals surface area contributed by atoms with Crippen molar-refractivity contribution in [1.82, 2.24) is 0 Å². The average molecular weight is 181 g/mol. The average Bonchev–Trinajstić information content (AvgIpc) is 2.11. The van der Waals surface area contributed by atoms with Crippen molar-refractivity contribution in [3.63, 3.8) is 0 Å². The Bertz CT molecular complexity index is 382. The zero-order valence-corrected chi connectivity index (χ0v) is 6.55. The van der Waals surface area contributed by atoms with Gasteiger partial charge in [-0.3, -0.25) is 4.79 Å². The van der Waals surface area contributed by atoms with Gasteiger partial charge in [-0.25, -0.2) is 8.78 Å². The molecule has 1 rings (SSSR count). The van der Waals surface area contributed by atoms with Crippen LogP contribution in [0.5, 0.6) is 0 Å². The Hall–Kier alpha value is -1.76. The maximum Gasteiger partial charge on any atom is 0.153 e. The summed E-state index contributed by atoms with van der Waals surface area (Å²) < 4.78 is 25.8. The van der Waals surface area contributed by atoms with Crippen LogP contribution in [0.2, 0.25) is 0 Å². The van der Waals surface area contributed by atoms with E-state index in [1.807, 2.05) is 0 Å². The van der Waals surface area contributed by atoms with Gasteiger partial charge in [0.05, 0.1) is 18.1 Å². The first kappa shape index (κ1) is 9.33. The molecule has 1 aromatic rings. The van der Waals surface area contributed by atoms with Crippen LogP contribution < -0.4 is 0 Å². The molecule has 0 bridgehead atoms. The molecule has 0 aliphatic heterocycles. The standard InChI is InChI=1S/C9H5F2NO/c10-8-4-7(5-13)9(11)3-6(8)1-2-12/h3-5H,1H2. The second kappa shape index (κ2) is 3.76. The highest BCUT2D eigenvalue weighted by Gasteiger charge is 2.08. The number of carbonyl (C=O) groups excluding carboxylic acids is 1. The predicted molar refractivity (Wildman–Crippen MR) is 41.1 cm³/mol. The summed E-state index contributed by atoms with van der Waals surface area (Å²) in [6, 6.07) is 3.34. The highest BCUT2D eigenvalue weighted by molar-refractivity contribution is 5.75. The zero-order valence-electron chi connectivity index (χ0n) is 6.55. The first-order valence-corrected chi connectivity index (χ1v) is 3.49. The van der Waals surface area contributed by atoms with Gasteiger partial charge in [-0.1, -0.05) is 0 Å². The summed E-state index contributed by atoms with van der Waals surface area (Å²) >= 11 is 0. The lowest BCUT2D eigenvalue weighted by Gasteiger charge is -1.99. The number of benzene rings is 1. The Morgan fingerprint density at radius 1 is 1.38 bits per heavy atom. The van der Waals surface area contributed by atoms with Crippen LogP contribution in [-0.2, 0) is 6.42 Å². The molecule has 1 aromatic carbocycles. The molecule has 4 heteroatoms. The molecule has 0 heterocycles. The number of nitrogens with zero attached hydrogens (tertiary/aromatic N) is 1. The van der Waals surface area contributed by atoms with Gasteiger partial charge in [0.2, 0.25) is 0 Å². The van der Waals surface area contributed by atoms with Crippen LogP contribution in [0, 0.1) is 23.0 Å². The van der Waals surface area contributed by atoms with Crippen molar-refractivity contribution in [2.24, 2.45) is 0 Å². The second-order valence-electron chi connectivity index (χ2n) is 2.42. The summed E-state index contributed by atoms with van der Waals surface area (Å²) in [5, 5.41) is 8.25. The minimum absolute atomic E-state index is 0.0365. The van der Waals surface area contributed by atoms with Crippen molar-refractivity contribution in [3.8, 4) is 6.07 Å². The van der Waals surface area contributed by atoms with E-state index in [-0.39, 0.29) is 23.8 Å². The number of hydrogen-bond donors (Lipinski definition) is 0. The Morgan fingerprint density at radius 3 is 2.62 bits per heavy atom. The van der Waals surface area contributed by atoms with E-state index in [2.05, 4.69) is 0 Å². The fourth-order valence-electron chi connectivity index (χ4n) is 0.914. The summed E-state index contributed by atoms with van der Waals surface area (Å²) in [4.78, 5) is 10.2. The van der Waals surface area contributed by atoms with Crippen molar-refractivity contribution in [1.29, 1.82) is 5.26 Å². The molecule has 0 atom stereocenters. The SMILES string of the molecule is N#CCc1cc(F)c(C=O)cc1F. The number of halogens is 2. The fourth-order valence-corrected chi connectivity index (χ4v) is 0.914. The second-order valence-corrected chi connectivity index (χ2v) is 2.42. The number of aldehydes is 1. The lowest BCUT2D eigenvalue weighted by Crippen LogP contribution is -1.95. The van der Waals surface area contributed by atoms with Gasteiger partial charge < -0.3 is 0 Å². The molecule has 0 saturated carbocycles. The minimum Gasteiger partial charge on any atom is -0.298 e. The molecular formula is C9H5F2NO. The predicted octanol–water partition coefficient (Wildman–Crippen LogP) is 1.84. The van der Waals surface area contributed by atoms with Crippen molar-refractivity contribution in [2.75, 3.05) is 0 Å². The molecule has 0 radical (unpaired) electrons. The summed E-state index contributed by atoms with van der Waals surface area (Å²) in [6.45, 7) is 0. The summed E-state index contributed by atoms with van der Waals surface area (Å²) in [5.41, 5.74) is -0.371. The van der Waals surface area contributed by atoms with Crippen molar-refractivity contribution >= 4 is 6.29 Å². The van der Waals surface area contributed by atoms with Crippen molar-refractivity contribution in [2.45, 2.75) is 6.42 Å². The van der Waals surface area contributed by atoms with Crippen molar-refractivity contribution < 1.29 is 13.6 Å². The molecule has 0 unspecified atom stereocenters. The van der Waals surface area contributed by atoms with E-state index in [9.17, 15) is 13.6 Å². The molecule has 2 nitrogen and oxygen atoms in total. The highest BCUT2D eigenvalue weighted by Crippen LogP contribution is 2.13. The third-order valence-corrected chi connectivity index (χ3v) is 1.56. The summed E-state index contributed by atoms with van der Waals surface area (Å²) in [7, 11) is 0. The highest BCUT2D eigenvalue weighted by atomic mass is 19.1. The van der Waals surface area contributed by atoms with E-state index in [0.717, 1.165) is 12.1 Å². The summed E-state index contributed by atoms with van der Waals surface area (Å²) in [6.07, 6.45) is 0.0243. The maximum atomic E-state index is 12.9. The van der Waals surface area contributed by atoms with Crippen LogP contribution >= 0.6 is 0 Å². The number of hydrogen-bond acceptors (Lipinski definition) is 2. The van der Waals surface area contributed by atoms with Crippen LogP contribution in [0.4, 0.5) is 8.78 Å². The normalized spacial score (nSPS) is 9.31. The Labute approximate surface area is 73.4 Å². The molecule has 0 aliphatic rings. The van der Waals surface area contributed by atoms with Gasteiger partial charge in [-0.2, -0.15) is 5.26 Å². The smallest absolute Gasteiger partial charge is 0.153 e. The number of nitriles is 1. The Kier molecular flexibility index (Phi) is 2.70. The van der Waals surface area contributed by atoms with Gasteiger partial charge in [0, 0.05) is 5.56 Å². The van der Waals surface area contributed by atoms with E-state index in [0.29, 0.717) is 0 Å². The van der Waals surface area contributed by atoms with Crippen LogP contribution in [0.15, 0.2) is 12.1 Å². The van der Waals surface area contributed by atoms with Crippen molar-refractivity contribution in [3.05, 3.63) is 34.9 Å². The first-order chi connectivity index (χ1) is 6.19. The number of carbonyl (C=O) groups is 1. The third kappa shape index (κ3) is 1.88. The van der Waals surface area contributed by atoms with Crippen LogP contribution in [0.1, 0.15) is 15.9 Å². The fraction of sp³-hybridized carbons (Fsp3) is 0.111. The first-order valence-electron chi connectivity index (χ1n) is 3.49. The molecule has 0 N–H and O–H groups in total. The van der Waals surface area contributed by atoms with Crippen LogP contribution in [0.3, 0.4) is 0 Å². The van der Waals surface area contributed by atoms with E-state index < -0.39 is 11.6 Å². The van der Waals surface area contributed by atoms with Gasteiger partial charge in [0.15, 0.2) is 6.29 Å².